The number of amides is 3. The summed E-state index contributed by atoms with van der Waals surface area (Å²) in [4.78, 5) is 41.5. The first kappa shape index (κ1) is 32.0. The number of fused-ring (bicyclic) bond motifs is 6. The van der Waals surface area contributed by atoms with Crippen molar-refractivity contribution in [1.82, 2.24) is 15.8 Å². The van der Waals surface area contributed by atoms with Crippen LogP contribution in [0.4, 0.5) is 21.9 Å². The molecular formula is C33H42N8O6. The second-order valence-corrected chi connectivity index (χ2v) is 13.6. The Bertz CT molecular complexity index is 1690. The van der Waals surface area contributed by atoms with Gasteiger partial charge in [-0.3, -0.25) is 9.59 Å². The summed E-state index contributed by atoms with van der Waals surface area (Å²) in [5, 5.41) is 8.15. The smallest absolute Gasteiger partial charge is 0.410 e. The van der Waals surface area contributed by atoms with Crippen LogP contribution >= 0.6 is 0 Å². The molecule has 4 N–H and O–H groups in total. The zero-order valence-electron chi connectivity index (χ0n) is 27.8. The van der Waals surface area contributed by atoms with Crippen LogP contribution in [0.15, 0.2) is 34.5 Å². The molecule has 0 aromatic heterocycles. The summed E-state index contributed by atoms with van der Waals surface area (Å²) in [5.74, 6) is 3.04. The highest BCUT2D eigenvalue weighted by atomic mass is 16.6. The predicted molar refractivity (Wildman–Crippen MR) is 178 cm³/mol. The number of nitrogen functional groups attached to an aromatic ring is 1. The van der Waals surface area contributed by atoms with Gasteiger partial charge in [-0.2, -0.15) is 10.2 Å². The standard InChI is InChI=1S/C21H28N4O4.C12H14N4O2/c1-12-6-17-16(25-13(2)19(26)23-22-18(25)11-28-17)8-15(12)7-14-9-24(10-14)20(27)29-21(3,4)5;1-6-3-10-9(4-8(6)13)16-7(2)12(17)15-14-11(16)5-18-10/h6,8,13-14H,7,9-11H2,1-5H3,(H,23,26);3-4,7H,5,13H2,1-2H3,(H,15,17). The van der Waals surface area contributed by atoms with E-state index in [1.54, 1.807) is 4.90 Å². The summed E-state index contributed by atoms with van der Waals surface area (Å²) in [6, 6.07) is 7.19. The molecule has 14 nitrogen and oxygen atoms in total. The fraction of sp³-hybridized carbons (Fsp3) is 0.485. The number of ether oxygens (including phenoxy) is 3. The molecule has 14 heteroatoms. The first-order valence-corrected chi connectivity index (χ1v) is 15.8. The molecular weight excluding hydrogens is 604 g/mol. The third-order valence-corrected chi connectivity index (χ3v) is 8.80. The Morgan fingerprint density at radius 1 is 0.894 bits per heavy atom. The molecule has 47 heavy (non-hydrogen) atoms. The van der Waals surface area contributed by atoms with Crippen molar-refractivity contribution in [3.63, 3.8) is 0 Å². The Morgan fingerprint density at radius 3 is 1.94 bits per heavy atom. The fourth-order valence-corrected chi connectivity index (χ4v) is 6.11. The van der Waals surface area contributed by atoms with E-state index in [0.717, 1.165) is 40.4 Å². The van der Waals surface area contributed by atoms with Crippen LogP contribution in [-0.2, 0) is 20.7 Å². The zero-order chi connectivity index (χ0) is 33.8. The summed E-state index contributed by atoms with van der Waals surface area (Å²) in [7, 11) is 0. The van der Waals surface area contributed by atoms with E-state index in [9.17, 15) is 14.4 Å². The summed E-state index contributed by atoms with van der Waals surface area (Å²) < 4.78 is 16.9. The maximum Gasteiger partial charge on any atom is 0.410 e. The number of hydrazone groups is 2. The molecule has 5 aliphatic rings. The van der Waals surface area contributed by atoms with E-state index in [0.29, 0.717) is 49.6 Å². The molecule has 5 heterocycles. The van der Waals surface area contributed by atoms with Crippen molar-refractivity contribution in [3.05, 3.63) is 41.0 Å². The van der Waals surface area contributed by atoms with Crippen LogP contribution in [0.25, 0.3) is 0 Å². The minimum Gasteiger partial charge on any atom is -0.483 e. The van der Waals surface area contributed by atoms with Crippen LogP contribution in [0.3, 0.4) is 0 Å². The largest absolute Gasteiger partial charge is 0.483 e. The number of rotatable bonds is 2. The summed E-state index contributed by atoms with van der Waals surface area (Å²) in [6.45, 7) is 15.4. The first-order chi connectivity index (χ1) is 22.2. The van der Waals surface area contributed by atoms with Crippen molar-refractivity contribution in [2.75, 3.05) is 41.8 Å². The third-order valence-electron chi connectivity index (χ3n) is 8.80. The minimum atomic E-state index is -0.478. The molecule has 0 aliphatic carbocycles. The SMILES string of the molecule is Cc1cc2c(cc1CC1CN(C(=O)OC(C)(C)C)C1)N1C(=NNC(=O)C1C)CO2.Cc1cc2c(cc1N)N1C(=NNC(=O)C1C)CO2. The highest BCUT2D eigenvalue weighted by Crippen LogP contribution is 2.39. The van der Waals surface area contributed by atoms with Gasteiger partial charge >= 0.3 is 6.09 Å². The summed E-state index contributed by atoms with van der Waals surface area (Å²) >= 11 is 0. The van der Waals surface area contributed by atoms with Gasteiger partial charge in [0.1, 0.15) is 42.4 Å². The Hall–Kier alpha value is -5.01. The predicted octanol–water partition coefficient (Wildman–Crippen LogP) is 3.04. The van der Waals surface area contributed by atoms with Crippen LogP contribution in [-0.4, -0.2) is 78.5 Å². The number of anilines is 3. The lowest BCUT2D eigenvalue weighted by Gasteiger charge is -2.41. The van der Waals surface area contributed by atoms with Crippen molar-refractivity contribution >= 4 is 46.6 Å². The highest BCUT2D eigenvalue weighted by Gasteiger charge is 2.38. The van der Waals surface area contributed by atoms with Crippen molar-refractivity contribution in [2.24, 2.45) is 16.1 Å². The lowest BCUT2D eigenvalue weighted by Crippen LogP contribution is -2.55. The Morgan fingerprint density at radius 2 is 1.40 bits per heavy atom. The van der Waals surface area contributed by atoms with Gasteiger partial charge in [0, 0.05) is 18.8 Å². The average Bonchev–Trinajstić information content (AvgIpc) is 2.98. The first-order valence-electron chi connectivity index (χ1n) is 15.8. The highest BCUT2D eigenvalue weighted by molar-refractivity contribution is 6.10. The third kappa shape index (κ3) is 6.23. The molecule has 5 aliphatic heterocycles. The van der Waals surface area contributed by atoms with Crippen molar-refractivity contribution in [1.29, 1.82) is 0 Å². The van der Waals surface area contributed by atoms with Gasteiger partial charge in [0.15, 0.2) is 11.7 Å². The van der Waals surface area contributed by atoms with Crippen molar-refractivity contribution < 1.29 is 28.6 Å². The molecule has 1 saturated heterocycles. The topological polar surface area (TPSA) is 163 Å². The van der Waals surface area contributed by atoms with E-state index in [2.05, 4.69) is 34.0 Å². The number of nitrogens with zero attached hydrogens (tertiary/aromatic N) is 5. The summed E-state index contributed by atoms with van der Waals surface area (Å²) in [5.41, 5.74) is 16.1. The quantitative estimate of drug-likeness (QED) is 0.416. The monoisotopic (exact) mass is 646 g/mol. The second kappa shape index (κ2) is 12.0. The van der Waals surface area contributed by atoms with Crippen molar-refractivity contribution in [3.8, 4) is 11.5 Å². The van der Waals surface area contributed by atoms with E-state index in [-0.39, 0.29) is 30.0 Å². The molecule has 2 aromatic rings. The molecule has 0 radical (unpaired) electrons. The molecule has 2 aromatic carbocycles. The minimum absolute atomic E-state index is 0.129. The van der Waals surface area contributed by atoms with Crippen molar-refractivity contribution in [2.45, 2.75) is 72.6 Å². The number of likely N-dealkylation sites (tertiary alicyclic amines) is 1. The molecule has 2 unspecified atom stereocenters. The lowest BCUT2D eigenvalue weighted by molar-refractivity contribution is -0.123. The fourth-order valence-electron chi connectivity index (χ4n) is 6.11. The number of hydrogen-bond acceptors (Lipinski definition) is 11. The van der Waals surface area contributed by atoms with Gasteiger partial charge in [0.05, 0.1) is 11.4 Å². The van der Waals surface area contributed by atoms with Gasteiger partial charge in [-0.25, -0.2) is 15.6 Å². The molecule has 0 bridgehead atoms. The number of amidine groups is 2. The molecule has 1 fully saturated rings. The van der Waals surface area contributed by atoms with Crippen LogP contribution < -0.4 is 35.9 Å². The van der Waals surface area contributed by atoms with E-state index < -0.39 is 5.60 Å². The van der Waals surface area contributed by atoms with Crippen LogP contribution in [0.2, 0.25) is 0 Å². The Labute approximate surface area is 273 Å². The maximum absolute atomic E-state index is 12.2. The van der Waals surface area contributed by atoms with Gasteiger partial charge in [0.25, 0.3) is 11.8 Å². The Balaban J connectivity index is 0.000000183. The summed E-state index contributed by atoms with van der Waals surface area (Å²) in [6.07, 6.45) is 0.609. The zero-order valence-corrected chi connectivity index (χ0v) is 27.8. The number of carbonyl (C=O) groups excluding carboxylic acids is 3. The number of nitrogens with one attached hydrogen (secondary N) is 2. The van der Waals surface area contributed by atoms with E-state index >= 15 is 0 Å². The average molecular weight is 647 g/mol. The number of carbonyl (C=O) groups is 3. The van der Waals surface area contributed by atoms with Gasteiger partial charge in [-0.1, -0.05) is 0 Å². The number of nitrogens with two attached hydrogens (primary N) is 1. The van der Waals surface area contributed by atoms with E-state index in [1.165, 1.54) is 5.56 Å². The van der Waals surface area contributed by atoms with Gasteiger partial charge in [-0.15, -0.1) is 0 Å². The molecule has 0 spiro atoms. The lowest BCUT2D eigenvalue weighted by atomic mass is 9.89. The van der Waals surface area contributed by atoms with Crippen LogP contribution in [0.5, 0.6) is 11.5 Å². The molecule has 250 valence electrons. The molecule has 7 rings (SSSR count). The molecule has 3 amide bonds. The maximum atomic E-state index is 12.2. The van der Waals surface area contributed by atoms with Crippen LogP contribution in [0.1, 0.15) is 51.3 Å². The second-order valence-electron chi connectivity index (χ2n) is 13.6. The van der Waals surface area contributed by atoms with Gasteiger partial charge < -0.3 is 34.6 Å². The Kier molecular flexibility index (Phi) is 8.14. The van der Waals surface area contributed by atoms with Crippen LogP contribution in [0, 0.1) is 19.8 Å². The number of aryl methyl sites for hydroxylation is 2. The molecule has 0 saturated carbocycles. The molecule has 2 atom stereocenters. The van der Waals surface area contributed by atoms with Gasteiger partial charge in [-0.05, 0) is 102 Å². The normalized spacial score (nSPS) is 21.4. The van der Waals surface area contributed by atoms with E-state index in [4.69, 9.17) is 19.9 Å². The van der Waals surface area contributed by atoms with E-state index in [1.807, 2.05) is 69.5 Å². The van der Waals surface area contributed by atoms with Gasteiger partial charge in [0.2, 0.25) is 0 Å². The number of hydrogen-bond donors (Lipinski definition) is 3. The number of benzene rings is 2.